The smallest absolute Gasteiger partial charge is 0.264 e. The van der Waals surface area contributed by atoms with E-state index in [1.54, 1.807) is 36.4 Å². The Balaban J connectivity index is 1.41. The van der Waals surface area contributed by atoms with Crippen LogP contribution in [0.4, 0.5) is 5.69 Å². The highest BCUT2D eigenvalue weighted by Gasteiger charge is 2.51. The van der Waals surface area contributed by atoms with Crippen LogP contribution < -0.4 is 14.4 Å². The standard InChI is InChI=1S/C26H31ClN2O4S/c1-2-33-23-7-5-22(6-8-23)29(34(31,32)24-9-3-21(27)4-10-24)17-25(30)28-26-14-18-11-19(15-26)13-20(12-18)16-26/h3-10,18-20H,2,11-17H2,1H3,(H,28,30). The maximum absolute atomic E-state index is 13.6. The molecule has 0 saturated heterocycles. The summed E-state index contributed by atoms with van der Waals surface area (Å²) in [6.07, 6.45) is 6.86. The SMILES string of the molecule is CCOc1ccc(N(CC(=O)NC23CC4CC(CC(C4)C2)C3)S(=O)(=O)c2ccc(Cl)cc2)cc1. The second kappa shape index (κ2) is 9.08. The maximum Gasteiger partial charge on any atom is 0.264 e. The first-order valence-corrected chi connectivity index (χ1v) is 13.9. The number of rotatable bonds is 8. The van der Waals surface area contributed by atoms with Gasteiger partial charge in [-0.05, 0) is 112 Å². The van der Waals surface area contributed by atoms with E-state index in [9.17, 15) is 13.2 Å². The van der Waals surface area contributed by atoms with Crippen LogP contribution in [0.5, 0.6) is 5.75 Å². The van der Waals surface area contributed by atoms with Crippen LogP contribution in [0.25, 0.3) is 0 Å². The monoisotopic (exact) mass is 502 g/mol. The molecule has 34 heavy (non-hydrogen) atoms. The van der Waals surface area contributed by atoms with Crippen LogP contribution in [0.3, 0.4) is 0 Å². The highest BCUT2D eigenvalue weighted by Crippen LogP contribution is 2.55. The molecular formula is C26H31ClN2O4S. The van der Waals surface area contributed by atoms with E-state index < -0.39 is 10.0 Å². The first-order valence-electron chi connectivity index (χ1n) is 12.1. The molecule has 8 heteroatoms. The zero-order valence-corrected chi connectivity index (χ0v) is 20.9. The van der Waals surface area contributed by atoms with Crippen LogP contribution in [-0.2, 0) is 14.8 Å². The van der Waals surface area contributed by atoms with Crippen molar-refractivity contribution >= 4 is 33.2 Å². The summed E-state index contributed by atoms with van der Waals surface area (Å²) in [7, 11) is -3.98. The highest BCUT2D eigenvalue weighted by molar-refractivity contribution is 7.92. The van der Waals surface area contributed by atoms with Crippen molar-refractivity contribution in [2.45, 2.75) is 55.9 Å². The van der Waals surface area contributed by atoms with Crippen LogP contribution in [0.15, 0.2) is 53.4 Å². The molecule has 4 saturated carbocycles. The molecular weight excluding hydrogens is 472 g/mol. The van der Waals surface area contributed by atoms with Crippen molar-refractivity contribution in [3.8, 4) is 5.75 Å². The molecule has 1 amide bonds. The van der Waals surface area contributed by atoms with Gasteiger partial charge in [0.05, 0.1) is 17.2 Å². The number of nitrogens with one attached hydrogen (secondary N) is 1. The largest absolute Gasteiger partial charge is 0.494 e. The fourth-order valence-electron chi connectivity index (χ4n) is 6.65. The Kier molecular flexibility index (Phi) is 6.27. The van der Waals surface area contributed by atoms with Gasteiger partial charge in [0.25, 0.3) is 10.0 Å². The summed E-state index contributed by atoms with van der Waals surface area (Å²) in [6.45, 7) is 2.13. The van der Waals surface area contributed by atoms with Crippen molar-refractivity contribution < 1.29 is 17.9 Å². The van der Waals surface area contributed by atoms with E-state index in [-0.39, 0.29) is 22.9 Å². The third-order valence-electron chi connectivity index (χ3n) is 7.57. The first kappa shape index (κ1) is 23.5. The highest BCUT2D eigenvalue weighted by atomic mass is 35.5. The average molecular weight is 503 g/mol. The topological polar surface area (TPSA) is 75.7 Å². The minimum Gasteiger partial charge on any atom is -0.494 e. The number of hydrogen-bond donors (Lipinski definition) is 1. The van der Waals surface area contributed by atoms with Crippen molar-refractivity contribution in [1.29, 1.82) is 0 Å². The van der Waals surface area contributed by atoms with Gasteiger partial charge in [-0.2, -0.15) is 0 Å². The molecule has 0 aromatic heterocycles. The fraction of sp³-hybridized carbons (Fsp3) is 0.500. The predicted octanol–water partition coefficient (Wildman–Crippen LogP) is 5.02. The zero-order chi connectivity index (χ0) is 23.9. The van der Waals surface area contributed by atoms with Gasteiger partial charge in [0, 0.05) is 10.6 Å². The summed E-state index contributed by atoms with van der Waals surface area (Å²) >= 11 is 5.98. The lowest BCUT2D eigenvalue weighted by Gasteiger charge is -2.57. The van der Waals surface area contributed by atoms with E-state index in [1.807, 2.05) is 6.92 Å². The van der Waals surface area contributed by atoms with Gasteiger partial charge in [-0.3, -0.25) is 9.10 Å². The van der Waals surface area contributed by atoms with Crippen LogP contribution in [0, 0.1) is 17.8 Å². The normalized spacial score (nSPS) is 27.4. The molecule has 4 aliphatic carbocycles. The second-order valence-corrected chi connectivity index (χ2v) is 12.4. The van der Waals surface area contributed by atoms with Crippen molar-refractivity contribution in [3.05, 3.63) is 53.6 Å². The Morgan fingerprint density at radius 1 is 1.00 bits per heavy atom. The number of carbonyl (C=O) groups is 1. The Morgan fingerprint density at radius 3 is 2.09 bits per heavy atom. The minimum atomic E-state index is -3.98. The summed E-state index contributed by atoms with van der Waals surface area (Å²) in [5, 5.41) is 3.75. The number of ether oxygens (including phenoxy) is 1. The Labute approximate surface area is 206 Å². The molecule has 6 nitrogen and oxygen atoms in total. The summed E-state index contributed by atoms with van der Waals surface area (Å²) in [6, 6.07) is 12.8. The molecule has 4 bridgehead atoms. The summed E-state index contributed by atoms with van der Waals surface area (Å²) in [4.78, 5) is 13.4. The van der Waals surface area contributed by atoms with Gasteiger partial charge in [-0.15, -0.1) is 0 Å². The van der Waals surface area contributed by atoms with Gasteiger partial charge in [-0.1, -0.05) is 11.6 Å². The lowest BCUT2D eigenvalue weighted by Crippen LogP contribution is -2.61. The van der Waals surface area contributed by atoms with Crippen LogP contribution in [0.1, 0.15) is 45.4 Å². The van der Waals surface area contributed by atoms with E-state index in [4.69, 9.17) is 16.3 Å². The quantitative estimate of drug-likeness (QED) is 0.550. The molecule has 6 rings (SSSR count). The fourth-order valence-corrected chi connectivity index (χ4v) is 8.20. The van der Waals surface area contributed by atoms with E-state index in [1.165, 1.54) is 35.7 Å². The number of carbonyl (C=O) groups excluding carboxylic acids is 1. The second-order valence-electron chi connectivity index (χ2n) is 10.1. The molecule has 0 spiro atoms. The lowest BCUT2D eigenvalue weighted by atomic mass is 9.53. The molecule has 0 atom stereocenters. The van der Waals surface area contributed by atoms with Crippen LogP contribution in [0.2, 0.25) is 5.02 Å². The van der Waals surface area contributed by atoms with Gasteiger partial charge in [0.15, 0.2) is 0 Å². The van der Waals surface area contributed by atoms with Crippen LogP contribution >= 0.6 is 11.6 Å². The van der Waals surface area contributed by atoms with E-state index in [0.29, 0.717) is 40.8 Å². The molecule has 0 heterocycles. The molecule has 0 aliphatic heterocycles. The number of hydrogen-bond acceptors (Lipinski definition) is 4. The molecule has 4 aliphatic rings. The number of nitrogens with zero attached hydrogens (tertiary/aromatic N) is 1. The Hall–Kier alpha value is -2.25. The number of benzene rings is 2. The van der Waals surface area contributed by atoms with Gasteiger partial charge in [0.2, 0.25) is 5.91 Å². The molecule has 0 unspecified atom stereocenters. The summed E-state index contributed by atoms with van der Waals surface area (Å²) in [5.41, 5.74) is 0.236. The number of halogens is 1. The molecule has 2 aromatic carbocycles. The lowest BCUT2D eigenvalue weighted by molar-refractivity contribution is -0.125. The molecule has 1 N–H and O–H groups in total. The molecule has 0 radical (unpaired) electrons. The first-order chi connectivity index (χ1) is 16.3. The molecule has 182 valence electrons. The van der Waals surface area contributed by atoms with E-state index in [2.05, 4.69) is 5.32 Å². The third kappa shape index (κ3) is 4.65. The van der Waals surface area contributed by atoms with Crippen molar-refractivity contribution in [3.63, 3.8) is 0 Å². The number of amides is 1. The average Bonchev–Trinajstić information content (AvgIpc) is 2.77. The summed E-state index contributed by atoms with van der Waals surface area (Å²) in [5.74, 6) is 2.45. The van der Waals surface area contributed by atoms with E-state index in [0.717, 1.165) is 19.3 Å². The van der Waals surface area contributed by atoms with Crippen LogP contribution in [-0.4, -0.2) is 33.0 Å². The van der Waals surface area contributed by atoms with Crippen molar-refractivity contribution in [2.24, 2.45) is 17.8 Å². The van der Waals surface area contributed by atoms with Gasteiger partial charge < -0.3 is 10.1 Å². The van der Waals surface area contributed by atoms with E-state index >= 15 is 0 Å². The zero-order valence-electron chi connectivity index (χ0n) is 19.4. The molecule has 2 aromatic rings. The van der Waals surface area contributed by atoms with Crippen molar-refractivity contribution in [2.75, 3.05) is 17.5 Å². The van der Waals surface area contributed by atoms with Gasteiger partial charge in [-0.25, -0.2) is 8.42 Å². The maximum atomic E-state index is 13.6. The van der Waals surface area contributed by atoms with Gasteiger partial charge in [0.1, 0.15) is 12.3 Å². The number of anilines is 1. The minimum absolute atomic E-state index is 0.0911. The molecule has 4 fully saturated rings. The third-order valence-corrected chi connectivity index (χ3v) is 9.61. The van der Waals surface area contributed by atoms with Gasteiger partial charge >= 0.3 is 0 Å². The van der Waals surface area contributed by atoms with Crippen molar-refractivity contribution in [1.82, 2.24) is 5.32 Å². The summed E-state index contributed by atoms with van der Waals surface area (Å²) < 4.78 is 33.9. The Bertz CT molecular complexity index is 1110. The number of sulfonamides is 1. The Morgan fingerprint density at radius 2 is 1.56 bits per heavy atom. The predicted molar refractivity (Wildman–Crippen MR) is 133 cm³/mol.